The molecule has 1 aliphatic heterocycles. The fourth-order valence-corrected chi connectivity index (χ4v) is 5.04. The third kappa shape index (κ3) is 4.27. The average Bonchev–Trinajstić information content (AvgIpc) is 3.15. The highest BCUT2D eigenvalue weighted by Gasteiger charge is 2.61. The zero-order valence-electron chi connectivity index (χ0n) is 19.1. The van der Waals surface area contributed by atoms with Crippen LogP contribution in [-0.4, -0.2) is 56.1 Å². The lowest BCUT2D eigenvalue weighted by Crippen LogP contribution is -2.60. The number of hydrogen-bond donors (Lipinski definition) is 1. The van der Waals surface area contributed by atoms with Crippen LogP contribution in [0.1, 0.15) is 64.5 Å². The first-order chi connectivity index (χ1) is 15.4. The minimum Gasteiger partial charge on any atom is -0.444 e. The Morgan fingerprint density at radius 3 is 2.45 bits per heavy atom. The van der Waals surface area contributed by atoms with E-state index in [-0.39, 0.29) is 23.4 Å². The first-order valence-corrected chi connectivity index (χ1v) is 11.5. The van der Waals surface area contributed by atoms with E-state index in [1.807, 2.05) is 32.9 Å². The molecule has 2 aliphatic carbocycles. The van der Waals surface area contributed by atoms with E-state index < -0.39 is 29.8 Å². The van der Waals surface area contributed by atoms with Gasteiger partial charge in [-0.3, -0.25) is 10.1 Å². The summed E-state index contributed by atoms with van der Waals surface area (Å²) in [6, 6.07) is 5.68. The van der Waals surface area contributed by atoms with E-state index in [2.05, 4.69) is 15.4 Å². The van der Waals surface area contributed by atoms with E-state index in [1.165, 1.54) is 0 Å². The molecule has 1 saturated heterocycles. The quantitative estimate of drug-likeness (QED) is 0.740. The smallest absolute Gasteiger partial charge is 0.410 e. The molecule has 0 unspecified atom stereocenters. The number of hydrogen-bond acceptors (Lipinski definition) is 5. The van der Waals surface area contributed by atoms with Crippen molar-refractivity contribution in [2.24, 2.45) is 11.3 Å². The van der Waals surface area contributed by atoms with Crippen molar-refractivity contribution in [1.29, 1.82) is 0 Å². The number of carbonyl (C=O) groups excluding carboxylic acids is 2. The minimum absolute atomic E-state index is 0.0504. The van der Waals surface area contributed by atoms with Gasteiger partial charge in [0.2, 0.25) is 11.9 Å². The molecule has 3 heterocycles. The Bertz CT molecular complexity index is 1090. The molecule has 3 fully saturated rings. The first-order valence-electron chi connectivity index (χ1n) is 11.5. The van der Waals surface area contributed by atoms with Crippen molar-refractivity contribution in [3.8, 4) is 0 Å². The maximum Gasteiger partial charge on any atom is 0.410 e. The molecule has 2 amide bonds. The molecule has 3 aliphatic rings. The van der Waals surface area contributed by atoms with Crippen LogP contribution in [-0.2, 0) is 9.53 Å². The molecular weight excluding hydrogens is 432 g/mol. The van der Waals surface area contributed by atoms with Crippen LogP contribution in [0.5, 0.6) is 0 Å². The maximum atomic E-state index is 13.2. The van der Waals surface area contributed by atoms with E-state index in [0.29, 0.717) is 5.65 Å². The topological polar surface area (TPSA) is 88.8 Å². The van der Waals surface area contributed by atoms with Crippen LogP contribution in [0, 0.1) is 11.3 Å². The van der Waals surface area contributed by atoms with E-state index >= 15 is 0 Å². The number of anilines is 1. The van der Waals surface area contributed by atoms with E-state index in [0.717, 1.165) is 44.5 Å². The van der Waals surface area contributed by atoms with Crippen molar-refractivity contribution in [3.63, 3.8) is 0 Å². The molecule has 2 aromatic rings. The molecule has 8 nitrogen and oxygen atoms in total. The molecule has 33 heavy (non-hydrogen) atoms. The normalized spacial score (nSPS) is 23.9. The van der Waals surface area contributed by atoms with Crippen LogP contribution in [0.15, 0.2) is 18.2 Å². The largest absolute Gasteiger partial charge is 0.444 e. The lowest BCUT2D eigenvalue weighted by Gasteiger charge is -2.53. The lowest BCUT2D eigenvalue weighted by molar-refractivity contribution is -0.119. The number of nitrogens with zero attached hydrogens (tertiary/aromatic N) is 4. The molecule has 178 valence electrons. The number of alkyl halides is 2. The summed E-state index contributed by atoms with van der Waals surface area (Å²) in [4.78, 5) is 30.3. The monoisotopic (exact) mass is 461 g/mol. The highest BCUT2D eigenvalue weighted by molar-refractivity contribution is 5.94. The predicted octanol–water partition coefficient (Wildman–Crippen LogP) is 4.22. The Hall–Kier alpha value is -2.78. The third-order valence-corrected chi connectivity index (χ3v) is 6.94. The summed E-state index contributed by atoms with van der Waals surface area (Å²) in [6.45, 7) is 7.06. The molecule has 2 saturated carbocycles. The first kappa shape index (κ1) is 22.0. The summed E-state index contributed by atoms with van der Waals surface area (Å²) in [7, 11) is 0. The van der Waals surface area contributed by atoms with E-state index in [9.17, 15) is 18.4 Å². The zero-order chi connectivity index (χ0) is 23.6. The van der Waals surface area contributed by atoms with Gasteiger partial charge in [-0.1, -0.05) is 6.07 Å². The van der Waals surface area contributed by atoms with Gasteiger partial charge < -0.3 is 9.64 Å². The average molecular weight is 462 g/mol. The maximum absolute atomic E-state index is 13.2. The number of aromatic nitrogens is 3. The number of likely N-dealkylation sites (tertiary alicyclic amines) is 1. The van der Waals surface area contributed by atoms with Crippen molar-refractivity contribution < 1.29 is 23.1 Å². The molecule has 0 radical (unpaired) electrons. The number of rotatable bonds is 3. The Morgan fingerprint density at radius 2 is 1.85 bits per heavy atom. The summed E-state index contributed by atoms with van der Waals surface area (Å²) in [5.74, 6) is -4.63. The molecule has 1 N–H and O–H groups in total. The van der Waals surface area contributed by atoms with Gasteiger partial charge in [0.25, 0.3) is 5.92 Å². The summed E-state index contributed by atoms with van der Waals surface area (Å²) in [5.41, 5.74) is 1.23. The second-order valence-corrected chi connectivity index (χ2v) is 10.8. The Balaban J connectivity index is 1.22. The molecule has 0 bridgehead atoms. The van der Waals surface area contributed by atoms with Crippen molar-refractivity contribution in [2.45, 2.75) is 70.3 Å². The van der Waals surface area contributed by atoms with Gasteiger partial charge in [0, 0.05) is 36.5 Å². The second kappa shape index (κ2) is 7.36. The molecule has 10 heteroatoms. The zero-order valence-corrected chi connectivity index (χ0v) is 19.1. The highest BCUT2D eigenvalue weighted by atomic mass is 19.3. The summed E-state index contributed by atoms with van der Waals surface area (Å²) in [6.07, 6.45) is 3.24. The van der Waals surface area contributed by atoms with Crippen LogP contribution in [0.3, 0.4) is 0 Å². The second-order valence-electron chi connectivity index (χ2n) is 10.8. The fraction of sp³-hybridized carbons (Fsp3) is 0.652. The number of fused-ring (bicyclic) bond motifs is 1. The third-order valence-electron chi connectivity index (χ3n) is 6.94. The summed E-state index contributed by atoms with van der Waals surface area (Å²) < 4.78 is 33.5. The van der Waals surface area contributed by atoms with Gasteiger partial charge in [-0.2, -0.15) is 4.98 Å². The van der Waals surface area contributed by atoms with Gasteiger partial charge in [-0.15, -0.1) is 5.10 Å². The van der Waals surface area contributed by atoms with Crippen molar-refractivity contribution >= 4 is 23.6 Å². The summed E-state index contributed by atoms with van der Waals surface area (Å²) >= 11 is 0. The standard InChI is InChI=1S/C23H29F2N5O3/c1-21(2,3)33-20(32)29-12-22(13-29)9-7-14(8-10-22)16-5-4-6-17-26-19(28-30(16)17)27-18(31)15-11-23(15,24)25/h4-6,14-15H,7-13H2,1-3H3,(H,27,28,31)/t15-/m1/s1. The van der Waals surface area contributed by atoms with Crippen molar-refractivity contribution in [3.05, 3.63) is 23.9 Å². The number of ether oxygens (including phenoxy) is 1. The summed E-state index contributed by atoms with van der Waals surface area (Å²) in [5, 5.41) is 6.82. The van der Waals surface area contributed by atoms with Gasteiger partial charge in [-0.05, 0) is 58.6 Å². The molecule has 2 aromatic heterocycles. The fourth-order valence-electron chi connectivity index (χ4n) is 5.04. The van der Waals surface area contributed by atoms with Gasteiger partial charge in [0.1, 0.15) is 11.5 Å². The van der Waals surface area contributed by atoms with Gasteiger partial charge in [0.15, 0.2) is 5.65 Å². The minimum atomic E-state index is -2.92. The molecule has 0 aromatic carbocycles. The van der Waals surface area contributed by atoms with E-state index in [1.54, 1.807) is 15.5 Å². The Kier molecular flexibility index (Phi) is 4.92. The van der Waals surface area contributed by atoms with Crippen LogP contribution >= 0.6 is 0 Å². The highest BCUT2D eigenvalue weighted by Crippen LogP contribution is 2.49. The van der Waals surface area contributed by atoms with Crippen LogP contribution < -0.4 is 5.32 Å². The van der Waals surface area contributed by atoms with Crippen LogP contribution in [0.25, 0.3) is 5.65 Å². The molecular formula is C23H29F2N5O3. The molecule has 1 spiro atoms. The molecule has 5 rings (SSSR count). The lowest BCUT2D eigenvalue weighted by atomic mass is 9.65. The van der Waals surface area contributed by atoms with Crippen LogP contribution in [0.4, 0.5) is 19.5 Å². The molecule has 1 atom stereocenters. The van der Waals surface area contributed by atoms with E-state index in [4.69, 9.17) is 4.74 Å². The van der Waals surface area contributed by atoms with Crippen molar-refractivity contribution in [2.75, 3.05) is 18.4 Å². The number of carbonyl (C=O) groups is 2. The number of halogens is 2. The van der Waals surface area contributed by atoms with Gasteiger partial charge >= 0.3 is 6.09 Å². The van der Waals surface area contributed by atoms with Gasteiger partial charge in [0.05, 0.1) is 0 Å². The van der Waals surface area contributed by atoms with Crippen molar-refractivity contribution in [1.82, 2.24) is 19.5 Å². The number of nitrogens with one attached hydrogen (secondary N) is 1. The predicted molar refractivity (Wildman–Crippen MR) is 116 cm³/mol. The SMILES string of the molecule is CC(C)(C)OC(=O)N1CC2(CCC(c3cccc4nc(NC(=O)[C@H]5CC5(F)F)nn34)CC2)C1. The van der Waals surface area contributed by atoms with Crippen LogP contribution in [0.2, 0.25) is 0 Å². The Labute approximate surface area is 190 Å². The number of amides is 2. The number of pyridine rings is 1. The Morgan fingerprint density at radius 1 is 1.18 bits per heavy atom. The van der Waals surface area contributed by atoms with Gasteiger partial charge in [-0.25, -0.2) is 18.1 Å².